The van der Waals surface area contributed by atoms with E-state index in [1.807, 2.05) is 24.3 Å². The number of rotatable bonds is 2. The Morgan fingerprint density at radius 3 is 2.70 bits per heavy atom. The van der Waals surface area contributed by atoms with Crippen molar-refractivity contribution < 1.29 is 4.79 Å². The van der Waals surface area contributed by atoms with E-state index < -0.39 is 0 Å². The molecular weight excluding hydrogens is 272 g/mol. The summed E-state index contributed by atoms with van der Waals surface area (Å²) in [7, 11) is 2.12. The van der Waals surface area contributed by atoms with Gasteiger partial charge in [-0.2, -0.15) is 0 Å². The van der Waals surface area contributed by atoms with Crippen molar-refractivity contribution >= 4 is 17.5 Å². The number of carbonyl (C=O) groups excluding carboxylic acids is 1. The Morgan fingerprint density at radius 2 is 2.00 bits per heavy atom. The van der Waals surface area contributed by atoms with Crippen LogP contribution in [0.2, 0.25) is 5.02 Å². The minimum Gasteiger partial charge on any atom is -0.341 e. The van der Waals surface area contributed by atoms with Gasteiger partial charge in [0.15, 0.2) is 0 Å². The summed E-state index contributed by atoms with van der Waals surface area (Å²) in [5.74, 6) is 0.301. The molecule has 0 unspecified atom stereocenters. The van der Waals surface area contributed by atoms with Crippen molar-refractivity contribution in [3.8, 4) is 0 Å². The molecule has 1 amide bonds. The minimum atomic E-state index is -0.284. The highest BCUT2D eigenvalue weighted by molar-refractivity contribution is 6.30. The van der Waals surface area contributed by atoms with Gasteiger partial charge >= 0.3 is 0 Å². The maximum Gasteiger partial charge on any atom is 0.233 e. The van der Waals surface area contributed by atoms with E-state index in [1.165, 1.54) is 0 Å². The lowest BCUT2D eigenvalue weighted by molar-refractivity contribution is -0.133. The zero-order valence-corrected chi connectivity index (χ0v) is 12.7. The predicted octanol–water partition coefficient (Wildman–Crippen LogP) is 2.54. The second-order valence-corrected chi connectivity index (χ2v) is 6.48. The Kier molecular flexibility index (Phi) is 3.74. The smallest absolute Gasteiger partial charge is 0.233 e. The van der Waals surface area contributed by atoms with Crippen molar-refractivity contribution in [3.63, 3.8) is 0 Å². The second-order valence-electron chi connectivity index (χ2n) is 6.04. The molecule has 1 heterocycles. The molecule has 4 heteroatoms. The summed E-state index contributed by atoms with van der Waals surface area (Å²) in [5, 5.41) is 0.720. The van der Waals surface area contributed by atoms with E-state index in [1.54, 1.807) is 0 Å². The first-order chi connectivity index (χ1) is 9.62. The fourth-order valence-electron chi connectivity index (χ4n) is 3.09. The van der Waals surface area contributed by atoms with E-state index in [4.69, 9.17) is 11.6 Å². The van der Waals surface area contributed by atoms with Gasteiger partial charge in [-0.05, 0) is 50.6 Å². The van der Waals surface area contributed by atoms with E-state index in [0.717, 1.165) is 56.0 Å². The summed E-state index contributed by atoms with van der Waals surface area (Å²) in [6, 6.07) is 7.81. The molecule has 1 aromatic rings. The minimum absolute atomic E-state index is 0.284. The maximum absolute atomic E-state index is 12.9. The molecule has 1 aliphatic heterocycles. The molecule has 1 aromatic carbocycles. The highest BCUT2D eigenvalue weighted by Crippen LogP contribution is 2.50. The van der Waals surface area contributed by atoms with Crippen LogP contribution in [0, 0.1) is 0 Å². The van der Waals surface area contributed by atoms with Gasteiger partial charge < -0.3 is 9.80 Å². The zero-order valence-electron chi connectivity index (χ0n) is 11.9. The first-order valence-corrected chi connectivity index (χ1v) is 7.74. The molecular formula is C16H21ClN2O. The third-order valence-corrected chi connectivity index (χ3v) is 4.78. The van der Waals surface area contributed by atoms with Crippen LogP contribution in [0.25, 0.3) is 0 Å². The second kappa shape index (κ2) is 5.38. The molecule has 0 atom stereocenters. The largest absolute Gasteiger partial charge is 0.341 e. The van der Waals surface area contributed by atoms with Gasteiger partial charge in [-0.3, -0.25) is 4.79 Å². The lowest BCUT2D eigenvalue weighted by Gasteiger charge is -2.26. The molecule has 2 aliphatic rings. The van der Waals surface area contributed by atoms with Gasteiger partial charge in [-0.1, -0.05) is 23.7 Å². The van der Waals surface area contributed by atoms with Crippen molar-refractivity contribution in [2.45, 2.75) is 24.7 Å². The normalized spacial score (nSPS) is 22.4. The SMILES string of the molecule is CN1CCCN(C(=O)C2(c3cccc(Cl)c3)CC2)CC1. The summed E-state index contributed by atoms with van der Waals surface area (Å²) >= 11 is 6.08. The summed E-state index contributed by atoms with van der Waals surface area (Å²) in [5.41, 5.74) is 0.806. The number of nitrogens with zero attached hydrogens (tertiary/aromatic N) is 2. The van der Waals surface area contributed by atoms with Crippen molar-refractivity contribution in [2.24, 2.45) is 0 Å². The van der Waals surface area contributed by atoms with E-state index in [9.17, 15) is 4.79 Å². The quantitative estimate of drug-likeness (QED) is 0.836. The standard InChI is InChI=1S/C16H21ClN2O/c1-18-8-3-9-19(11-10-18)15(20)16(6-7-16)13-4-2-5-14(17)12-13/h2,4-5,12H,3,6-11H2,1H3. The molecule has 108 valence electrons. The predicted molar refractivity (Wildman–Crippen MR) is 81.1 cm³/mol. The molecule has 2 fully saturated rings. The van der Waals surface area contributed by atoms with Crippen molar-refractivity contribution in [1.82, 2.24) is 9.80 Å². The van der Waals surface area contributed by atoms with Crippen molar-refractivity contribution in [2.75, 3.05) is 33.2 Å². The summed E-state index contributed by atoms with van der Waals surface area (Å²) < 4.78 is 0. The Morgan fingerprint density at radius 1 is 1.20 bits per heavy atom. The number of benzene rings is 1. The van der Waals surface area contributed by atoms with Crippen molar-refractivity contribution in [1.29, 1.82) is 0 Å². The molecule has 0 spiro atoms. The van der Waals surface area contributed by atoms with Gasteiger partial charge in [0.1, 0.15) is 0 Å². The van der Waals surface area contributed by atoms with Gasteiger partial charge in [0.25, 0.3) is 0 Å². The average Bonchev–Trinajstić information content (AvgIpc) is 3.23. The first kappa shape index (κ1) is 13.9. The van der Waals surface area contributed by atoms with Gasteiger partial charge in [-0.25, -0.2) is 0 Å². The van der Waals surface area contributed by atoms with Gasteiger partial charge in [0.2, 0.25) is 5.91 Å². The Balaban J connectivity index is 1.79. The molecule has 1 saturated heterocycles. The summed E-state index contributed by atoms with van der Waals surface area (Å²) in [4.78, 5) is 17.3. The monoisotopic (exact) mass is 292 g/mol. The Bertz CT molecular complexity index is 513. The molecule has 1 aliphatic carbocycles. The third kappa shape index (κ3) is 2.57. The summed E-state index contributed by atoms with van der Waals surface area (Å²) in [6.45, 7) is 3.77. The van der Waals surface area contributed by atoms with Crippen LogP contribution in [0.5, 0.6) is 0 Å². The number of amides is 1. The van der Waals surface area contributed by atoms with Crippen LogP contribution in [0.15, 0.2) is 24.3 Å². The van der Waals surface area contributed by atoms with Crippen LogP contribution in [-0.4, -0.2) is 48.9 Å². The third-order valence-electron chi connectivity index (χ3n) is 4.54. The topological polar surface area (TPSA) is 23.6 Å². The molecule has 3 rings (SSSR count). The van der Waals surface area contributed by atoms with E-state index in [-0.39, 0.29) is 5.41 Å². The number of hydrogen-bond donors (Lipinski definition) is 0. The first-order valence-electron chi connectivity index (χ1n) is 7.36. The average molecular weight is 293 g/mol. The van der Waals surface area contributed by atoms with Gasteiger partial charge in [-0.15, -0.1) is 0 Å². The zero-order chi connectivity index (χ0) is 14.2. The van der Waals surface area contributed by atoms with E-state index in [0.29, 0.717) is 5.91 Å². The fourth-order valence-corrected chi connectivity index (χ4v) is 3.28. The Hall–Kier alpha value is -1.06. The molecule has 3 nitrogen and oxygen atoms in total. The molecule has 0 N–H and O–H groups in total. The number of likely N-dealkylation sites (N-methyl/N-ethyl adjacent to an activating group) is 1. The van der Waals surface area contributed by atoms with E-state index >= 15 is 0 Å². The summed E-state index contributed by atoms with van der Waals surface area (Å²) in [6.07, 6.45) is 2.98. The molecule has 1 saturated carbocycles. The highest BCUT2D eigenvalue weighted by Gasteiger charge is 2.53. The number of carbonyl (C=O) groups is 1. The fraction of sp³-hybridized carbons (Fsp3) is 0.562. The van der Waals surface area contributed by atoms with Crippen LogP contribution < -0.4 is 0 Å². The lowest BCUT2D eigenvalue weighted by atomic mass is 9.94. The van der Waals surface area contributed by atoms with Crippen molar-refractivity contribution in [3.05, 3.63) is 34.9 Å². The van der Waals surface area contributed by atoms with Gasteiger partial charge in [0, 0.05) is 24.7 Å². The Labute approximate surface area is 125 Å². The highest BCUT2D eigenvalue weighted by atomic mass is 35.5. The van der Waals surface area contributed by atoms with Crippen LogP contribution >= 0.6 is 11.6 Å². The molecule has 0 aromatic heterocycles. The van der Waals surface area contributed by atoms with Crippen LogP contribution in [-0.2, 0) is 10.2 Å². The van der Waals surface area contributed by atoms with Gasteiger partial charge in [0.05, 0.1) is 5.41 Å². The van der Waals surface area contributed by atoms with Crippen LogP contribution in [0.1, 0.15) is 24.8 Å². The van der Waals surface area contributed by atoms with E-state index in [2.05, 4.69) is 16.8 Å². The maximum atomic E-state index is 12.9. The van der Waals surface area contributed by atoms with Crippen LogP contribution in [0.4, 0.5) is 0 Å². The lowest BCUT2D eigenvalue weighted by Crippen LogP contribution is -2.41. The molecule has 20 heavy (non-hydrogen) atoms. The molecule has 0 bridgehead atoms. The van der Waals surface area contributed by atoms with Crippen LogP contribution in [0.3, 0.4) is 0 Å². The molecule has 0 radical (unpaired) electrons. The number of hydrogen-bond acceptors (Lipinski definition) is 2. The number of halogens is 1.